The van der Waals surface area contributed by atoms with E-state index in [1.807, 2.05) is 42.2 Å². The van der Waals surface area contributed by atoms with Crippen LogP contribution in [0.25, 0.3) is 0 Å². The number of rotatable bonds is 7. The monoisotopic (exact) mass is 380 g/mol. The van der Waals surface area contributed by atoms with Crippen molar-refractivity contribution in [3.05, 3.63) is 65.5 Å². The number of aromatic nitrogens is 1. The molecule has 1 fully saturated rings. The molecule has 0 saturated carbocycles. The van der Waals surface area contributed by atoms with Crippen LogP contribution in [0, 0.1) is 12.8 Å². The van der Waals surface area contributed by atoms with Crippen molar-refractivity contribution in [3.8, 4) is 0 Å². The predicted molar refractivity (Wildman–Crippen MR) is 113 cm³/mol. The molecule has 1 aromatic carbocycles. The van der Waals surface area contributed by atoms with E-state index in [0.29, 0.717) is 19.0 Å². The van der Waals surface area contributed by atoms with Crippen molar-refractivity contribution >= 4 is 6.03 Å². The lowest BCUT2D eigenvalue weighted by molar-refractivity contribution is 0.184. The molecule has 5 heteroatoms. The maximum Gasteiger partial charge on any atom is 0.318 e. The van der Waals surface area contributed by atoms with Gasteiger partial charge in [-0.2, -0.15) is 0 Å². The second kappa shape index (κ2) is 10.2. The van der Waals surface area contributed by atoms with Crippen LogP contribution in [0.2, 0.25) is 0 Å². The summed E-state index contributed by atoms with van der Waals surface area (Å²) >= 11 is 0. The summed E-state index contributed by atoms with van der Waals surface area (Å²) in [6.07, 6.45) is 5.35. The topological polar surface area (TPSA) is 48.5 Å². The van der Waals surface area contributed by atoms with Crippen LogP contribution in [-0.4, -0.2) is 47.5 Å². The van der Waals surface area contributed by atoms with E-state index in [0.717, 1.165) is 36.3 Å². The van der Waals surface area contributed by atoms with E-state index >= 15 is 0 Å². The third-order valence-corrected chi connectivity index (χ3v) is 5.51. The van der Waals surface area contributed by atoms with Gasteiger partial charge in [-0.3, -0.25) is 4.98 Å². The smallest absolute Gasteiger partial charge is 0.318 e. The summed E-state index contributed by atoms with van der Waals surface area (Å²) in [5.74, 6) is 0.680. The van der Waals surface area contributed by atoms with E-state index in [9.17, 15) is 4.79 Å². The molecule has 1 aliphatic heterocycles. The van der Waals surface area contributed by atoms with Gasteiger partial charge in [0.05, 0.1) is 12.2 Å². The molecule has 28 heavy (non-hydrogen) atoms. The number of nitrogens with one attached hydrogen (secondary N) is 1. The first kappa shape index (κ1) is 20.3. The Morgan fingerprint density at radius 2 is 2.04 bits per heavy atom. The molecule has 0 radical (unpaired) electrons. The average Bonchev–Trinajstić information content (AvgIpc) is 2.70. The maximum atomic E-state index is 12.9. The van der Waals surface area contributed by atoms with E-state index in [1.165, 1.54) is 19.4 Å². The van der Waals surface area contributed by atoms with Gasteiger partial charge >= 0.3 is 6.03 Å². The summed E-state index contributed by atoms with van der Waals surface area (Å²) < 4.78 is 0. The summed E-state index contributed by atoms with van der Waals surface area (Å²) in [5, 5.41) is 3.15. The summed E-state index contributed by atoms with van der Waals surface area (Å²) in [6, 6.07) is 14.1. The molecule has 5 nitrogen and oxygen atoms in total. The highest BCUT2D eigenvalue weighted by molar-refractivity contribution is 5.74. The Bertz CT molecular complexity index is 749. The molecule has 1 aromatic heterocycles. The van der Waals surface area contributed by atoms with Crippen LogP contribution in [0.4, 0.5) is 4.79 Å². The Morgan fingerprint density at radius 1 is 1.21 bits per heavy atom. The third-order valence-electron chi connectivity index (χ3n) is 5.51. The molecule has 3 rings (SSSR count). The minimum Gasteiger partial charge on any atom is -0.338 e. The molecule has 1 saturated heterocycles. The molecule has 150 valence electrons. The highest BCUT2D eigenvalue weighted by Crippen LogP contribution is 2.18. The zero-order chi connectivity index (χ0) is 19.8. The lowest BCUT2D eigenvalue weighted by Gasteiger charge is -2.30. The quantitative estimate of drug-likeness (QED) is 0.794. The molecule has 1 aliphatic rings. The fraction of sp³-hybridized carbons (Fsp3) is 0.478. The standard InChI is InChI=1S/C23H32N4O/c1-19-8-6-13-24-22(19)18-27(17-20-9-4-3-5-10-20)23(28)25-14-12-21-11-7-15-26(2)16-21/h3-6,8-10,13,21H,7,11-12,14-18H2,1-2H3,(H,25,28)/t21-/m0/s1. The number of nitrogens with zero attached hydrogens (tertiary/aromatic N) is 3. The van der Waals surface area contributed by atoms with Crippen molar-refractivity contribution in [1.82, 2.24) is 20.1 Å². The van der Waals surface area contributed by atoms with Crippen molar-refractivity contribution in [2.75, 3.05) is 26.7 Å². The maximum absolute atomic E-state index is 12.9. The zero-order valence-corrected chi connectivity index (χ0v) is 17.1. The molecule has 1 N–H and O–H groups in total. The van der Waals surface area contributed by atoms with Gasteiger partial charge in [-0.05, 0) is 62.9 Å². The van der Waals surface area contributed by atoms with Crippen LogP contribution in [0.3, 0.4) is 0 Å². The zero-order valence-electron chi connectivity index (χ0n) is 17.1. The number of benzene rings is 1. The first-order valence-corrected chi connectivity index (χ1v) is 10.3. The molecule has 0 aliphatic carbocycles. The summed E-state index contributed by atoms with van der Waals surface area (Å²) in [7, 11) is 2.18. The molecule has 2 aromatic rings. The molecule has 0 spiro atoms. The van der Waals surface area contributed by atoms with Gasteiger partial charge in [-0.1, -0.05) is 36.4 Å². The van der Waals surface area contributed by atoms with Crippen molar-refractivity contribution in [2.24, 2.45) is 5.92 Å². The molecule has 2 amide bonds. The van der Waals surface area contributed by atoms with E-state index in [4.69, 9.17) is 0 Å². The fourth-order valence-corrected chi connectivity index (χ4v) is 3.87. The van der Waals surface area contributed by atoms with Gasteiger partial charge in [0.15, 0.2) is 0 Å². The van der Waals surface area contributed by atoms with Gasteiger partial charge in [0.25, 0.3) is 0 Å². The normalized spacial score (nSPS) is 17.3. The Kier molecular flexibility index (Phi) is 7.43. The van der Waals surface area contributed by atoms with E-state index in [2.05, 4.69) is 34.4 Å². The van der Waals surface area contributed by atoms with E-state index < -0.39 is 0 Å². The lowest BCUT2D eigenvalue weighted by Crippen LogP contribution is -2.41. The highest BCUT2D eigenvalue weighted by Gasteiger charge is 2.19. The van der Waals surface area contributed by atoms with Gasteiger partial charge in [0, 0.05) is 25.8 Å². The largest absolute Gasteiger partial charge is 0.338 e. The Hall–Kier alpha value is -2.40. The lowest BCUT2D eigenvalue weighted by atomic mass is 9.95. The van der Waals surface area contributed by atoms with Crippen LogP contribution in [0.5, 0.6) is 0 Å². The second-order valence-electron chi connectivity index (χ2n) is 7.90. The van der Waals surface area contributed by atoms with Crippen LogP contribution >= 0.6 is 0 Å². The minimum atomic E-state index is -0.0157. The van der Waals surface area contributed by atoms with Gasteiger partial charge in [0.1, 0.15) is 0 Å². The number of amides is 2. The fourth-order valence-electron chi connectivity index (χ4n) is 3.87. The third kappa shape index (κ3) is 6.06. The van der Waals surface area contributed by atoms with Crippen molar-refractivity contribution in [2.45, 2.75) is 39.3 Å². The summed E-state index contributed by atoms with van der Waals surface area (Å²) in [5.41, 5.74) is 3.18. The molecule has 0 bridgehead atoms. The molecule has 0 unspecified atom stereocenters. The number of likely N-dealkylation sites (tertiary alicyclic amines) is 1. The highest BCUT2D eigenvalue weighted by atomic mass is 16.2. The number of hydrogen-bond acceptors (Lipinski definition) is 3. The van der Waals surface area contributed by atoms with Gasteiger partial charge in [-0.15, -0.1) is 0 Å². The number of urea groups is 1. The van der Waals surface area contributed by atoms with Crippen LogP contribution in [-0.2, 0) is 13.1 Å². The van der Waals surface area contributed by atoms with E-state index in [1.54, 1.807) is 6.20 Å². The molecule has 2 heterocycles. The predicted octanol–water partition coefficient (Wildman–Crippen LogP) is 3.83. The van der Waals surface area contributed by atoms with Crippen LogP contribution in [0.15, 0.2) is 48.7 Å². The van der Waals surface area contributed by atoms with Crippen molar-refractivity contribution in [1.29, 1.82) is 0 Å². The minimum absolute atomic E-state index is 0.0157. The van der Waals surface area contributed by atoms with Gasteiger partial charge < -0.3 is 15.1 Å². The Morgan fingerprint density at radius 3 is 2.79 bits per heavy atom. The summed E-state index contributed by atoms with van der Waals surface area (Å²) in [4.78, 5) is 21.7. The van der Waals surface area contributed by atoms with Gasteiger partial charge in [0.2, 0.25) is 0 Å². The number of aryl methyl sites for hydroxylation is 1. The molecule has 1 atom stereocenters. The Balaban J connectivity index is 1.60. The van der Waals surface area contributed by atoms with Crippen molar-refractivity contribution < 1.29 is 4.79 Å². The number of piperidine rings is 1. The second-order valence-corrected chi connectivity index (χ2v) is 7.90. The number of carbonyl (C=O) groups excluding carboxylic acids is 1. The number of hydrogen-bond donors (Lipinski definition) is 1. The SMILES string of the molecule is Cc1cccnc1CN(Cc1ccccc1)C(=O)NCC[C@@H]1CCCN(C)C1. The first-order chi connectivity index (χ1) is 13.6. The van der Waals surface area contributed by atoms with Crippen LogP contribution in [0.1, 0.15) is 36.1 Å². The average molecular weight is 381 g/mol. The van der Waals surface area contributed by atoms with Gasteiger partial charge in [-0.25, -0.2) is 4.79 Å². The Labute approximate surface area is 168 Å². The van der Waals surface area contributed by atoms with Crippen molar-refractivity contribution in [3.63, 3.8) is 0 Å². The first-order valence-electron chi connectivity index (χ1n) is 10.3. The molecular formula is C23H32N4O. The van der Waals surface area contributed by atoms with Crippen LogP contribution < -0.4 is 5.32 Å². The number of carbonyl (C=O) groups is 1. The summed E-state index contributed by atoms with van der Waals surface area (Å²) in [6.45, 7) is 6.19. The molecular weight excluding hydrogens is 348 g/mol. The van der Waals surface area contributed by atoms with E-state index in [-0.39, 0.29) is 6.03 Å². The number of pyridine rings is 1.